The lowest BCUT2D eigenvalue weighted by atomic mass is 10.2. The largest absolute Gasteiger partial charge is 0.439 e. The van der Waals surface area contributed by atoms with E-state index in [0.29, 0.717) is 29.0 Å². The van der Waals surface area contributed by atoms with Crippen LogP contribution < -0.4 is 14.8 Å². The van der Waals surface area contributed by atoms with Crippen molar-refractivity contribution < 1.29 is 17.9 Å². The van der Waals surface area contributed by atoms with Gasteiger partial charge in [-0.2, -0.15) is 10.1 Å². The van der Waals surface area contributed by atoms with Crippen LogP contribution in [0.15, 0.2) is 46.7 Å². The number of sulfonamides is 1. The zero-order chi connectivity index (χ0) is 26.0. The normalized spacial score (nSPS) is 11.4. The number of aryl methyl sites for hydroxylation is 2. The summed E-state index contributed by atoms with van der Waals surface area (Å²) < 4.78 is 35.9. The third-order valence-electron chi connectivity index (χ3n) is 5.41. The van der Waals surface area contributed by atoms with E-state index in [1.54, 1.807) is 48.0 Å². The number of ether oxygens (including phenoxy) is 1. The summed E-state index contributed by atoms with van der Waals surface area (Å²) in [6.07, 6.45) is 0. The van der Waals surface area contributed by atoms with Crippen LogP contribution in [0.3, 0.4) is 0 Å². The molecule has 12 heteroatoms. The molecule has 0 aliphatic rings. The van der Waals surface area contributed by atoms with Gasteiger partial charge in [0.1, 0.15) is 15.8 Å². The Morgan fingerprint density at radius 2 is 1.78 bits per heavy atom. The van der Waals surface area contributed by atoms with Crippen molar-refractivity contribution in [3.8, 4) is 17.4 Å². The molecule has 1 aromatic carbocycles. The topological polar surface area (TPSA) is 128 Å². The molecule has 0 spiro atoms. The minimum atomic E-state index is -3.77. The molecule has 188 valence electrons. The molecule has 3 heterocycles. The number of anilines is 1. The van der Waals surface area contributed by atoms with Crippen molar-refractivity contribution in [2.75, 3.05) is 4.72 Å². The smallest absolute Gasteiger partial charge is 0.271 e. The zero-order valence-corrected chi connectivity index (χ0v) is 22.1. The first-order chi connectivity index (χ1) is 17.0. The van der Waals surface area contributed by atoms with Gasteiger partial charge in [-0.25, -0.2) is 18.1 Å². The van der Waals surface area contributed by atoms with Gasteiger partial charge in [-0.15, -0.1) is 11.3 Å². The maximum Gasteiger partial charge on any atom is 0.271 e. The second-order valence-corrected chi connectivity index (χ2v) is 11.3. The average molecular weight is 527 g/mol. The van der Waals surface area contributed by atoms with Gasteiger partial charge in [0.15, 0.2) is 5.82 Å². The Kier molecular flexibility index (Phi) is 7.09. The average Bonchev–Trinajstić information content (AvgIpc) is 3.40. The molecule has 0 aliphatic carbocycles. The van der Waals surface area contributed by atoms with Gasteiger partial charge in [-0.3, -0.25) is 9.52 Å². The molecule has 3 aromatic heterocycles. The first kappa shape index (κ1) is 25.3. The number of hydrogen-bond donors (Lipinski definition) is 2. The number of carbonyl (C=O) groups is 1. The highest BCUT2D eigenvalue weighted by Crippen LogP contribution is 2.27. The van der Waals surface area contributed by atoms with Crippen molar-refractivity contribution in [3.63, 3.8) is 0 Å². The molecule has 1 amide bonds. The lowest BCUT2D eigenvalue weighted by Crippen LogP contribution is -2.18. The Hall–Kier alpha value is -3.77. The number of nitrogens with one attached hydrogen (secondary N) is 2. The van der Waals surface area contributed by atoms with Crippen LogP contribution in [0.2, 0.25) is 0 Å². The predicted octanol–water partition coefficient (Wildman–Crippen LogP) is 4.19. The first-order valence-corrected chi connectivity index (χ1v) is 13.3. The molecule has 4 rings (SSSR count). The number of benzene rings is 1. The lowest BCUT2D eigenvalue weighted by molar-refractivity contribution is -0.119. The van der Waals surface area contributed by atoms with E-state index in [4.69, 9.17) is 4.74 Å². The summed E-state index contributed by atoms with van der Waals surface area (Å²) in [5, 5.41) is 7.20. The number of nitrogens with zero attached hydrogens (tertiary/aromatic N) is 4. The highest BCUT2D eigenvalue weighted by atomic mass is 32.2. The summed E-state index contributed by atoms with van der Waals surface area (Å²) in [6.45, 7) is 9.41. The van der Waals surface area contributed by atoms with Gasteiger partial charge in [0.05, 0.1) is 12.2 Å². The summed E-state index contributed by atoms with van der Waals surface area (Å²) in [5.74, 6) is 1.79. The van der Waals surface area contributed by atoms with Crippen LogP contribution in [0.1, 0.15) is 34.6 Å². The zero-order valence-electron chi connectivity index (χ0n) is 20.5. The fourth-order valence-corrected chi connectivity index (χ4v) is 5.71. The van der Waals surface area contributed by atoms with Crippen LogP contribution in [-0.4, -0.2) is 34.1 Å². The Morgan fingerprint density at radius 1 is 1.06 bits per heavy atom. The van der Waals surface area contributed by atoms with Gasteiger partial charge in [0.2, 0.25) is 11.8 Å². The summed E-state index contributed by atoms with van der Waals surface area (Å²) >= 11 is 1.10. The first-order valence-electron chi connectivity index (χ1n) is 11.0. The second-order valence-electron chi connectivity index (χ2n) is 8.18. The van der Waals surface area contributed by atoms with Crippen LogP contribution >= 0.6 is 11.3 Å². The SMILES string of the molecule is CC(=O)NCc1ccc(S(=O)(=O)Nc2ccc(Oc3cc(-n4nc(C)c(C)c4C)nc(C)n3)cc2)s1. The molecule has 0 aliphatic heterocycles. The Balaban J connectivity index is 1.47. The molecule has 0 saturated carbocycles. The van der Waals surface area contributed by atoms with Crippen molar-refractivity contribution >= 4 is 33.0 Å². The van der Waals surface area contributed by atoms with E-state index < -0.39 is 10.0 Å². The van der Waals surface area contributed by atoms with E-state index in [2.05, 4.69) is 25.1 Å². The summed E-state index contributed by atoms with van der Waals surface area (Å²) in [7, 11) is -3.77. The molecular weight excluding hydrogens is 500 g/mol. The highest BCUT2D eigenvalue weighted by Gasteiger charge is 2.18. The third kappa shape index (κ3) is 5.71. The van der Waals surface area contributed by atoms with Gasteiger partial charge in [-0.05, 0) is 69.7 Å². The van der Waals surface area contributed by atoms with Crippen LogP contribution in [0, 0.1) is 27.7 Å². The van der Waals surface area contributed by atoms with Gasteiger partial charge in [0.25, 0.3) is 10.0 Å². The molecule has 10 nitrogen and oxygen atoms in total. The number of hydrogen-bond acceptors (Lipinski definition) is 8. The number of thiophene rings is 1. The van der Waals surface area contributed by atoms with Crippen molar-refractivity contribution in [1.82, 2.24) is 25.1 Å². The van der Waals surface area contributed by atoms with Gasteiger partial charge in [-0.1, -0.05) is 0 Å². The van der Waals surface area contributed by atoms with Crippen molar-refractivity contribution in [2.24, 2.45) is 0 Å². The molecule has 0 atom stereocenters. The fourth-order valence-electron chi connectivity index (χ4n) is 3.36. The summed E-state index contributed by atoms with van der Waals surface area (Å²) in [4.78, 5) is 20.6. The fraction of sp³-hybridized carbons (Fsp3) is 0.250. The number of aromatic nitrogens is 4. The molecule has 36 heavy (non-hydrogen) atoms. The van der Waals surface area contributed by atoms with E-state index in [0.717, 1.165) is 33.2 Å². The monoisotopic (exact) mass is 526 g/mol. The lowest BCUT2D eigenvalue weighted by Gasteiger charge is -2.10. The molecule has 0 fully saturated rings. The summed E-state index contributed by atoms with van der Waals surface area (Å²) in [6, 6.07) is 11.4. The van der Waals surface area contributed by atoms with E-state index in [1.165, 1.54) is 13.0 Å². The van der Waals surface area contributed by atoms with Crippen LogP contribution in [0.4, 0.5) is 5.69 Å². The molecule has 2 N–H and O–H groups in total. The Labute approximate surface area is 213 Å². The second kappa shape index (κ2) is 10.1. The molecule has 0 saturated heterocycles. The van der Waals surface area contributed by atoms with Crippen LogP contribution in [0.5, 0.6) is 11.6 Å². The van der Waals surface area contributed by atoms with Gasteiger partial charge >= 0.3 is 0 Å². The molecular formula is C24H26N6O4S2. The van der Waals surface area contributed by atoms with Crippen molar-refractivity contribution in [3.05, 3.63) is 70.1 Å². The maximum atomic E-state index is 12.7. The molecule has 4 aromatic rings. The standard InChI is InChI=1S/C24H26N6O4S2/c1-14-15(2)28-30(16(14)3)22-12-23(27-17(4)26-22)34-20-8-6-19(7-9-20)29-36(32,33)24-11-10-21(35-24)13-25-18(5)31/h6-12,29H,13H2,1-5H3,(H,25,31). The number of rotatable bonds is 8. The molecule has 0 bridgehead atoms. The van der Waals surface area contributed by atoms with Gasteiger partial charge in [0, 0.05) is 29.2 Å². The maximum absolute atomic E-state index is 12.7. The van der Waals surface area contributed by atoms with Gasteiger partial charge < -0.3 is 10.1 Å². The molecule has 0 radical (unpaired) electrons. The number of amides is 1. The molecule has 0 unspecified atom stereocenters. The van der Waals surface area contributed by atoms with E-state index >= 15 is 0 Å². The Morgan fingerprint density at radius 3 is 2.42 bits per heavy atom. The van der Waals surface area contributed by atoms with E-state index in [1.807, 2.05) is 20.8 Å². The van der Waals surface area contributed by atoms with Crippen molar-refractivity contribution in [2.45, 2.75) is 45.4 Å². The van der Waals surface area contributed by atoms with Crippen LogP contribution in [0.25, 0.3) is 5.82 Å². The van der Waals surface area contributed by atoms with E-state index in [9.17, 15) is 13.2 Å². The van der Waals surface area contributed by atoms with Crippen LogP contribution in [-0.2, 0) is 21.4 Å². The minimum absolute atomic E-state index is 0.159. The third-order valence-corrected chi connectivity index (χ3v) is 8.37. The number of carbonyl (C=O) groups excluding carboxylic acids is 1. The highest BCUT2D eigenvalue weighted by molar-refractivity contribution is 7.94. The minimum Gasteiger partial charge on any atom is -0.439 e. The Bertz CT molecular complexity index is 1520. The van der Waals surface area contributed by atoms with Crippen molar-refractivity contribution in [1.29, 1.82) is 0 Å². The van der Waals surface area contributed by atoms with E-state index in [-0.39, 0.29) is 16.7 Å². The predicted molar refractivity (Wildman–Crippen MR) is 137 cm³/mol. The summed E-state index contributed by atoms with van der Waals surface area (Å²) in [5.41, 5.74) is 3.40. The quantitative estimate of drug-likeness (QED) is 0.352.